The molecule has 6 atom stereocenters. The summed E-state index contributed by atoms with van der Waals surface area (Å²) in [6.45, 7) is 10.9. The van der Waals surface area contributed by atoms with E-state index in [0.29, 0.717) is 43.1 Å². The molecule has 6 rings (SSSR count). The lowest BCUT2D eigenvalue weighted by atomic mass is 9.55. The number of pyridine rings is 1. The molecule has 0 radical (unpaired) electrons. The summed E-state index contributed by atoms with van der Waals surface area (Å²) in [5.41, 5.74) is 4.10. The number of ether oxygens (including phenoxy) is 4. The van der Waals surface area contributed by atoms with Gasteiger partial charge in [0.1, 0.15) is 36.5 Å². The number of non-ortho nitro benzene ring substituents is 1. The Morgan fingerprint density at radius 1 is 1.07 bits per heavy atom. The molecular weight excluding hydrogens is 769 g/mol. The minimum Gasteiger partial charge on any atom is -0.487 e. The maximum Gasteiger partial charge on any atom is 0.415 e. The van der Waals surface area contributed by atoms with E-state index in [-0.39, 0.29) is 68.6 Å². The summed E-state index contributed by atoms with van der Waals surface area (Å²) < 4.78 is 26.6. The Hall–Kier alpha value is -5.31. The molecule has 1 fully saturated rings. The molecule has 322 valence electrons. The highest BCUT2D eigenvalue weighted by Crippen LogP contribution is 2.62. The topological polar surface area (TPSA) is 175 Å². The second-order valence-electron chi connectivity index (χ2n) is 15.6. The van der Waals surface area contributed by atoms with Crippen LogP contribution < -0.4 is 14.2 Å². The average Bonchev–Trinajstić information content (AvgIpc) is 3.25. The van der Waals surface area contributed by atoms with Gasteiger partial charge in [-0.2, -0.15) is 0 Å². The number of benzene rings is 2. The molecule has 1 aliphatic heterocycles. The van der Waals surface area contributed by atoms with Crippen LogP contribution in [0.15, 0.2) is 90.1 Å². The van der Waals surface area contributed by atoms with Gasteiger partial charge in [0, 0.05) is 55.5 Å². The molecule has 3 aromatic rings. The number of carbonyl (C=O) groups is 1. The number of oxime groups is 1. The highest BCUT2D eigenvalue weighted by atomic mass is 16.7. The van der Waals surface area contributed by atoms with Crippen molar-refractivity contribution in [1.29, 1.82) is 0 Å². The van der Waals surface area contributed by atoms with Crippen molar-refractivity contribution in [2.45, 2.75) is 96.5 Å². The summed E-state index contributed by atoms with van der Waals surface area (Å²) in [4.78, 5) is 37.4. The molecule has 3 aliphatic rings. The molecule has 2 aliphatic carbocycles. The van der Waals surface area contributed by atoms with Gasteiger partial charge in [-0.1, -0.05) is 43.1 Å². The molecule has 6 unspecified atom stereocenters. The SMILES string of the molecule is C=CCOC12Oc3ccc(OCc4cccc(C)n4)cc3C3C(CCCCO)C(CCCCO)C=C(C(=NOCC)CC1N(CCC)C(=O)Oc1ccc([N+](=O)[O-])cc1)C32. The average molecular weight is 827 g/mol. The van der Waals surface area contributed by atoms with Gasteiger partial charge in [-0.15, -0.1) is 6.58 Å². The number of aryl methyl sites for hydroxylation is 1. The number of aliphatic hydroxyl groups is 2. The number of nitro groups is 1. The summed E-state index contributed by atoms with van der Waals surface area (Å²) in [6.07, 6.45) is 8.57. The molecule has 2 aromatic carbocycles. The van der Waals surface area contributed by atoms with E-state index in [1.54, 1.807) is 11.0 Å². The number of unbranched alkanes of at least 4 members (excludes halogenated alkanes) is 2. The first-order valence-electron chi connectivity index (χ1n) is 21.2. The fraction of sp³-hybridized carbons (Fsp3) is 0.500. The third kappa shape index (κ3) is 9.83. The minimum atomic E-state index is -1.47. The van der Waals surface area contributed by atoms with Crippen LogP contribution in [-0.2, 0) is 16.2 Å². The predicted molar refractivity (Wildman–Crippen MR) is 226 cm³/mol. The number of hydrogen-bond donors (Lipinski definition) is 2. The van der Waals surface area contributed by atoms with Crippen molar-refractivity contribution in [2.75, 3.05) is 33.0 Å². The Labute approximate surface area is 352 Å². The number of aromatic nitrogens is 1. The van der Waals surface area contributed by atoms with Gasteiger partial charge in [0.2, 0.25) is 5.79 Å². The fourth-order valence-corrected chi connectivity index (χ4v) is 9.13. The molecule has 2 N–H and O–H groups in total. The van der Waals surface area contributed by atoms with Gasteiger partial charge in [-0.3, -0.25) is 20.0 Å². The quantitative estimate of drug-likeness (QED) is 0.0456. The summed E-state index contributed by atoms with van der Waals surface area (Å²) in [5, 5.41) is 35.9. The van der Waals surface area contributed by atoms with Crippen LogP contribution in [0.5, 0.6) is 17.2 Å². The summed E-state index contributed by atoms with van der Waals surface area (Å²) in [5.74, 6) is -0.704. The van der Waals surface area contributed by atoms with Gasteiger partial charge in [0.05, 0.1) is 28.9 Å². The Balaban J connectivity index is 1.53. The Bertz CT molecular complexity index is 2000. The zero-order valence-electron chi connectivity index (χ0n) is 34.9. The molecule has 1 aromatic heterocycles. The van der Waals surface area contributed by atoms with Gasteiger partial charge in [-0.05, 0) is 106 Å². The van der Waals surface area contributed by atoms with Crippen LogP contribution >= 0.6 is 0 Å². The highest BCUT2D eigenvalue weighted by Gasteiger charge is 2.65. The van der Waals surface area contributed by atoms with Gasteiger partial charge >= 0.3 is 6.09 Å². The molecule has 14 heteroatoms. The molecule has 2 heterocycles. The molecule has 0 spiro atoms. The molecule has 1 saturated carbocycles. The lowest BCUT2D eigenvalue weighted by molar-refractivity contribution is -0.384. The molecule has 0 saturated heterocycles. The largest absolute Gasteiger partial charge is 0.487 e. The molecule has 60 heavy (non-hydrogen) atoms. The van der Waals surface area contributed by atoms with Crippen molar-refractivity contribution >= 4 is 17.5 Å². The first-order chi connectivity index (χ1) is 29.2. The normalized spacial score (nSPS) is 23.4. The Morgan fingerprint density at radius 3 is 2.50 bits per heavy atom. The van der Waals surface area contributed by atoms with Crippen molar-refractivity contribution in [1.82, 2.24) is 9.88 Å². The third-order valence-electron chi connectivity index (χ3n) is 11.6. The van der Waals surface area contributed by atoms with Crippen LogP contribution in [0.2, 0.25) is 0 Å². The van der Waals surface area contributed by atoms with Crippen LogP contribution in [-0.4, -0.2) is 81.6 Å². The fourth-order valence-electron chi connectivity index (χ4n) is 9.13. The maximum absolute atomic E-state index is 14.5. The van der Waals surface area contributed by atoms with Gasteiger partial charge in [0.15, 0.2) is 0 Å². The molecule has 1 amide bonds. The Morgan fingerprint density at radius 2 is 1.82 bits per heavy atom. The van der Waals surface area contributed by atoms with Crippen LogP contribution in [0, 0.1) is 34.8 Å². The van der Waals surface area contributed by atoms with Crippen LogP contribution in [0.3, 0.4) is 0 Å². The predicted octanol–water partition coefficient (Wildman–Crippen LogP) is 8.44. The maximum atomic E-state index is 14.5. The zero-order chi connectivity index (χ0) is 42.6. The van der Waals surface area contributed by atoms with E-state index in [4.69, 9.17) is 28.9 Å². The number of hydrogen-bond acceptors (Lipinski definition) is 12. The number of fused-ring (bicyclic) bond motifs is 2. The highest BCUT2D eigenvalue weighted by molar-refractivity contribution is 6.03. The number of amides is 1. The van der Waals surface area contributed by atoms with E-state index in [9.17, 15) is 25.1 Å². The number of carbonyl (C=O) groups excluding carboxylic acids is 1. The van der Waals surface area contributed by atoms with Crippen molar-refractivity contribution < 1.29 is 43.7 Å². The lowest BCUT2D eigenvalue weighted by Gasteiger charge is -2.59. The number of nitrogens with zero attached hydrogens (tertiary/aromatic N) is 4. The smallest absolute Gasteiger partial charge is 0.415 e. The number of nitro benzene ring substituents is 1. The van der Waals surface area contributed by atoms with Gasteiger partial charge in [0.25, 0.3) is 5.69 Å². The van der Waals surface area contributed by atoms with Crippen LogP contribution in [0.25, 0.3) is 0 Å². The Kier molecular flexibility index (Phi) is 15.3. The van der Waals surface area contributed by atoms with E-state index in [0.717, 1.165) is 48.2 Å². The monoisotopic (exact) mass is 826 g/mol. The standard InChI is InChI=1S/C46H58N4O10/c1-5-23-49(45(53)59-35-19-17-34(18-20-35)50(54)55)42-29-40(48-58-7-3)38-27-32(14-8-10-24-51)37(16-9-11-25-52)43-39-28-36(56-30-33-15-12-13-31(4)47-33)21-22-41(39)60-46(42,44(38)43)57-26-6-2/h6,12-13,15,17-22,27-28,32,37,42-44,51-52H,2,5,7-11,14,16,23-26,29-30H2,1,3-4H3. The summed E-state index contributed by atoms with van der Waals surface area (Å²) in [7, 11) is 0. The van der Waals surface area contributed by atoms with Crippen LogP contribution in [0.1, 0.15) is 88.1 Å². The van der Waals surface area contributed by atoms with Gasteiger partial charge < -0.3 is 34.0 Å². The first-order valence-corrected chi connectivity index (χ1v) is 21.2. The summed E-state index contributed by atoms with van der Waals surface area (Å²) >= 11 is 0. The second-order valence-corrected chi connectivity index (χ2v) is 15.6. The van der Waals surface area contributed by atoms with Crippen molar-refractivity contribution in [3.05, 3.63) is 112 Å². The number of allylic oxidation sites excluding steroid dienone is 1. The van der Waals surface area contributed by atoms with Crippen molar-refractivity contribution in [2.24, 2.45) is 22.9 Å². The van der Waals surface area contributed by atoms with Crippen molar-refractivity contribution in [3.63, 3.8) is 0 Å². The number of aliphatic hydroxyl groups excluding tert-OH is 2. The third-order valence-corrected chi connectivity index (χ3v) is 11.6. The zero-order valence-corrected chi connectivity index (χ0v) is 34.9. The molecule has 14 nitrogen and oxygen atoms in total. The minimum absolute atomic E-state index is 0.0332. The first kappa shape index (κ1) is 44.2. The van der Waals surface area contributed by atoms with E-state index in [1.807, 2.05) is 51.1 Å². The molecular formula is C46H58N4O10. The van der Waals surface area contributed by atoms with E-state index in [1.165, 1.54) is 24.3 Å². The number of rotatable bonds is 21. The van der Waals surface area contributed by atoms with Gasteiger partial charge in [-0.25, -0.2) is 4.79 Å². The lowest BCUT2D eigenvalue weighted by Crippen LogP contribution is -2.70. The van der Waals surface area contributed by atoms with E-state index >= 15 is 0 Å². The van der Waals surface area contributed by atoms with E-state index in [2.05, 4.69) is 23.7 Å². The van der Waals surface area contributed by atoms with Crippen LogP contribution in [0.4, 0.5) is 10.5 Å². The summed E-state index contributed by atoms with van der Waals surface area (Å²) in [6, 6.07) is 16.3. The van der Waals surface area contributed by atoms with Crippen molar-refractivity contribution in [3.8, 4) is 17.2 Å². The van der Waals surface area contributed by atoms with E-state index < -0.39 is 28.8 Å². The molecule has 0 bridgehead atoms. The second kappa shape index (κ2) is 20.8.